The predicted molar refractivity (Wildman–Crippen MR) is 106 cm³/mol. The van der Waals surface area contributed by atoms with Gasteiger partial charge in [0.15, 0.2) is 5.76 Å². The minimum absolute atomic E-state index is 0.0269. The average Bonchev–Trinajstić information content (AvgIpc) is 3.41. The zero-order chi connectivity index (χ0) is 19.6. The van der Waals surface area contributed by atoms with E-state index in [1.165, 1.54) is 6.33 Å². The second-order valence-corrected chi connectivity index (χ2v) is 6.94. The van der Waals surface area contributed by atoms with E-state index in [9.17, 15) is 4.79 Å². The summed E-state index contributed by atoms with van der Waals surface area (Å²) in [6.07, 6.45) is 3.78. The van der Waals surface area contributed by atoms with Crippen molar-refractivity contribution in [2.45, 2.75) is 12.5 Å². The molecule has 1 aliphatic rings. The summed E-state index contributed by atoms with van der Waals surface area (Å²) in [6.45, 7) is 1.16. The molecule has 0 saturated carbocycles. The van der Waals surface area contributed by atoms with Gasteiger partial charge in [0, 0.05) is 36.4 Å². The predicted octanol–water partition coefficient (Wildman–Crippen LogP) is 3.58. The molecular weight excluding hydrogens is 368 g/mol. The van der Waals surface area contributed by atoms with Crippen molar-refractivity contribution in [1.29, 1.82) is 0 Å². The Morgan fingerprint density at radius 1 is 1.14 bits per heavy atom. The number of likely N-dealkylation sites (tertiary alicyclic amines) is 1. The van der Waals surface area contributed by atoms with Gasteiger partial charge in [-0.15, -0.1) is 0 Å². The van der Waals surface area contributed by atoms with E-state index in [1.807, 2.05) is 47.4 Å². The van der Waals surface area contributed by atoms with Crippen molar-refractivity contribution < 1.29 is 14.1 Å². The number of nitrogens with zero attached hydrogens (tertiary/aromatic N) is 4. The smallest absolute Gasteiger partial charge is 0.254 e. The molecule has 0 aliphatic carbocycles. The van der Waals surface area contributed by atoms with Crippen molar-refractivity contribution in [3.8, 4) is 17.2 Å². The van der Waals surface area contributed by atoms with E-state index < -0.39 is 0 Å². The summed E-state index contributed by atoms with van der Waals surface area (Å²) in [5, 5.41) is 4.95. The van der Waals surface area contributed by atoms with Crippen molar-refractivity contribution in [2.75, 3.05) is 13.1 Å². The number of carbonyl (C=O) groups is 1. The fourth-order valence-corrected chi connectivity index (χ4v) is 3.58. The molecule has 0 bridgehead atoms. The monoisotopic (exact) mass is 386 g/mol. The van der Waals surface area contributed by atoms with E-state index in [0.717, 1.165) is 22.9 Å². The van der Waals surface area contributed by atoms with Gasteiger partial charge in [0.25, 0.3) is 5.91 Å². The SMILES string of the molecule is O=C(c1ccc2noc(-c3ccccc3)c2c1)N1CCC(Oc2ccncn2)C1. The van der Waals surface area contributed by atoms with E-state index in [2.05, 4.69) is 15.1 Å². The van der Waals surface area contributed by atoms with Crippen LogP contribution in [0.5, 0.6) is 5.88 Å². The molecule has 5 rings (SSSR count). The van der Waals surface area contributed by atoms with Crippen LogP contribution in [0.2, 0.25) is 0 Å². The first-order chi connectivity index (χ1) is 14.3. The molecule has 1 atom stereocenters. The molecule has 1 fully saturated rings. The van der Waals surface area contributed by atoms with Gasteiger partial charge < -0.3 is 14.2 Å². The van der Waals surface area contributed by atoms with Gasteiger partial charge in [0.05, 0.1) is 11.9 Å². The fourth-order valence-electron chi connectivity index (χ4n) is 3.58. The Labute approximate surface area is 166 Å². The maximum Gasteiger partial charge on any atom is 0.254 e. The average molecular weight is 386 g/mol. The molecule has 0 N–H and O–H groups in total. The minimum atomic E-state index is -0.0759. The lowest BCUT2D eigenvalue weighted by Crippen LogP contribution is -2.31. The zero-order valence-corrected chi connectivity index (χ0v) is 15.6. The number of ether oxygens (including phenoxy) is 1. The number of aromatic nitrogens is 3. The van der Waals surface area contributed by atoms with Gasteiger partial charge in [0.1, 0.15) is 17.9 Å². The number of benzene rings is 2. The number of fused-ring (bicyclic) bond motifs is 1. The molecule has 1 aliphatic heterocycles. The first-order valence-corrected chi connectivity index (χ1v) is 9.45. The maximum absolute atomic E-state index is 13.1. The zero-order valence-electron chi connectivity index (χ0n) is 15.6. The van der Waals surface area contributed by atoms with Crippen LogP contribution in [0.3, 0.4) is 0 Å². The van der Waals surface area contributed by atoms with Gasteiger partial charge in [-0.3, -0.25) is 4.79 Å². The molecule has 7 nitrogen and oxygen atoms in total. The van der Waals surface area contributed by atoms with Crippen LogP contribution >= 0.6 is 0 Å². The van der Waals surface area contributed by atoms with Crippen LogP contribution in [0.25, 0.3) is 22.2 Å². The Morgan fingerprint density at radius 3 is 2.86 bits per heavy atom. The molecule has 3 heterocycles. The van der Waals surface area contributed by atoms with Crippen LogP contribution in [0.1, 0.15) is 16.8 Å². The molecule has 4 aromatic rings. The van der Waals surface area contributed by atoms with Gasteiger partial charge in [-0.25, -0.2) is 9.97 Å². The first kappa shape index (κ1) is 17.4. The number of hydrogen-bond donors (Lipinski definition) is 0. The van der Waals surface area contributed by atoms with E-state index >= 15 is 0 Å². The normalized spacial score (nSPS) is 16.3. The van der Waals surface area contributed by atoms with Gasteiger partial charge in [-0.05, 0) is 18.2 Å². The lowest BCUT2D eigenvalue weighted by molar-refractivity contribution is 0.0771. The van der Waals surface area contributed by atoms with Gasteiger partial charge >= 0.3 is 0 Å². The molecule has 2 aromatic carbocycles. The van der Waals surface area contributed by atoms with E-state index in [1.54, 1.807) is 18.3 Å². The lowest BCUT2D eigenvalue weighted by atomic mass is 10.1. The van der Waals surface area contributed by atoms with Crippen molar-refractivity contribution in [3.63, 3.8) is 0 Å². The molecule has 29 heavy (non-hydrogen) atoms. The summed E-state index contributed by atoms with van der Waals surface area (Å²) < 4.78 is 11.4. The van der Waals surface area contributed by atoms with Crippen LogP contribution in [0.15, 0.2) is 71.6 Å². The van der Waals surface area contributed by atoms with Crippen LogP contribution in [0, 0.1) is 0 Å². The summed E-state index contributed by atoms with van der Waals surface area (Å²) in [6, 6.07) is 17.0. The first-order valence-electron chi connectivity index (χ1n) is 9.45. The van der Waals surface area contributed by atoms with Crippen LogP contribution in [-0.4, -0.2) is 45.1 Å². The second-order valence-electron chi connectivity index (χ2n) is 6.94. The molecular formula is C22H18N4O3. The van der Waals surface area contributed by atoms with Crippen LogP contribution in [0.4, 0.5) is 0 Å². The summed E-state index contributed by atoms with van der Waals surface area (Å²) in [5.74, 6) is 1.17. The highest BCUT2D eigenvalue weighted by Crippen LogP contribution is 2.30. The van der Waals surface area contributed by atoms with Crippen molar-refractivity contribution in [2.24, 2.45) is 0 Å². The van der Waals surface area contributed by atoms with Gasteiger partial charge in [-0.1, -0.05) is 35.5 Å². The third kappa shape index (κ3) is 3.42. The molecule has 1 amide bonds. The maximum atomic E-state index is 13.1. The fraction of sp³-hybridized carbons (Fsp3) is 0.182. The Hall–Kier alpha value is -3.74. The highest BCUT2D eigenvalue weighted by Gasteiger charge is 2.29. The molecule has 144 valence electrons. The number of rotatable bonds is 4. The van der Waals surface area contributed by atoms with Crippen LogP contribution in [-0.2, 0) is 0 Å². The Morgan fingerprint density at radius 2 is 2.03 bits per heavy atom. The molecule has 0 spiro atoms. The summed E-state index contributed by atoms with van der Waals surface area (Å²) in [5.41, 5.74) is 2.27. The minimum Gasteiger partial charge on any atom is -0.472 e. The summed E-state index contributed by atoms with van der Waals surface area (Å²) in [4.78, 5) is 22.8. The Kier molecular flexibility index (Phi) is 4.40. The van der Waals surface area contributed by atoms with Gasteiger partial charge in [-0.2, -0.15) is 0 Å². The van der Waals surface area contributed by atoms with Crippen molar-refractivity contribution in [1.82, 2.24) is 20.0 Å². The van der Waals surface area contributed by atoms with Crippen LogP contribution < -0.4 is 4.74 Å². The molecule has 1 unspecified atom stereocenters. The van der Waals surface area contributed by atoms with Crippen molar-refractivity contribution in [3.05, 3.63) is 72.7 Å². The van der Waals surface area contributed by atoms with Gasteiger partial charge in [0.2, 0.25) is 5.88 Å². The number of hydrogen-bond acceptors (Lipinski definition) is 6. The number of amides is 1. The largest absolute Gasteiger partial charge is 0.472 e. The number of carbonyl (C=O) groups excluding carboxylic acids is 1. The second kappa shape index (κ2) is 7.35. The van der Waals surface area contributed by atoms with E-state index in [0.29, 0.717) is 30.3 Å². The quantitative estimate of drug-likeness (QED) is 0.533. The third-order valence-electron chi connectivity index (χ3n) is 5.03. The summed E-state index contributed by atoms with van der Waals surface area (Å²) in [7, 11) is 0. The van der Waals surface area contributed by atoms with E-state index in [-0.39, 0.29) is 12.0 Å². The molecule has 1 saturated heterocycles. The third-order valence-corrected chi connectivity index (χ3v) is 5.03. The highest BCUT2D eigenvalue weighted by molar-refractivity contribution is 6.01. The topological polar surface area (TPSA) is 81.4 Å². The standard InChI is InChI=1S/C22H18N4O3/c27-22(26-11-9-17(13-26)28-20-8-10-23-14-24-20)16-6-7-19-18(12-16)21(29-25-19)15-4-2-1-3-5-15/h1-8,10,12,14,17H,9,11,13H2. The Bertz CT molecular complexity index is 1140. The van der Waals surface area contributed by atoms with E-state index in [4.69, 9.17) is 9.26 Å². The highest BCUT2D eigenvalue weighted by atomic mass is 16.5. The molecule has 0 radical (unpaired) electrons. The lowest BCUT2D eigenvalue weighted by Gasteiger charge is -2.17. The summed E-state index contributed by atoms with van der Waals surface area (Å²) >= 11 is 0. The molecule has 7 heteroatoms. The van der Waals surface area contributed by atoms with Crippen molar-refractivity contribution >= 4 is 16.8 Å². The Balaban J connectivity index is 1.36. The molecule has 2 aromatic heterocycles.